The van der Waals surface area contributed by atoms with Crippen LogP contribution in [0.5, 0.6) is 5.75 Å². The third-order valence-electron chi connectivity index (χ3n) is 26.2. The number of carbonyl (C=O) groups is 3. The number of dihydropyridines is 2. The summed E-state index contributed by atoms with van der Waals surface area (Å²) < 4.78 is 14.7. The fraction of sp³-hybridized carbons (Fsp3) is 0.623. The Morgan fingerprint density at radius 2 is 1.71 bits per heavy atom. The number of phenolic OH excluding ortho intramolecular Hbond substituents is 1. The molecule has 14 nitrogen and oxygen atoms in total. The van der Waals surface area contributed by atoms with E-state index in [9.17, 15) is 15.3 Å². The predicted octanol–water partition coefficient (Wildman–Crippen LogP) is 11.4. The number of aromatic hydroxyl groups is 1. The molecule has 6 heterocycles. The van der Waals surface area contributed by atoms with Gasteiger partial charge in [-0.3, -0.25) is 9.59 Å². The lowest BCUT2D eigenvalue weighted by Crippen LogP contribution is -2.68. The Labute approximate surface area is 538 Å². The van der Waals surface area contributed by atoms with Gasteiger partial charge in [-0.05, 0) is 227 Å². The lowest BCUT2D eigenvalue weighted by Gasteiger charge is -2.63. The van der Waals surface area contributed by atoms with Crippen molar-refractivity contribution in [3.05, 3.63) is 146 Å². The summed E-state index contributed by atoms with van der Waals surface area (Å²) in [5.41, 5.74) is 11.3. The third kappa shape index (κ3) is 10.4. The van der Waals surface area contributed by atoms with E-state index in [-0.39, 0.29) is 71.6 Å². The van der Waals surface area contributed by atoms with Crippen LogP contribution >= 0.6 is 0 Å². The number of rotatable bonds is 11. The van der Waals surface area contributed by atoms with Gasteiger partial charge in [0.15, 0.2) is 11.4 Å². The molecule has 0 amide bonds. The monoisotopic (exact) mass is 1240 g/mol. The number of allylic oxidation sites excluding steroid dienone is 8. The molecule has 6 aliphatic heterocycles. The molecule has 2 spiro atoms. The van der Waals surface area contributed by atoms with Gasteiger partial charge < -0.3 is 57.1 Å². The summed E-state index contributed by atoms with van der Waals surface area (Å²) in [6.07, 6.45) is 33.8. The topological polar surface area (TPSA) is 220 Å². The number of nitrogens with two attached hydrogens (primary N) is 1. The van der Waals surface area contributed by atoms with Crippen molar-refractivity contribution in [2.24, 2.45) is 58.0 Å². The van der Waals surface area contributed by atoms with Gasteiger partial charge in [0.05, 0.1) is 25.0 Å². The number of aliphatic hydroxyl groups is 2. The molecule has 0 radical (unpaired) electrons. The molecule has 4 saturated carbocycles. The first kappa shape index (κ1) is 61.6. The Balaban J connectivity index is 0.921. The van der Waals surface area contributed by atoms with Crippen molar-refractivity contribution in [1.29, 1.82) is 0 Å². The number of esters is 1. The van der Waals surface area contributed by atoms with E-state index >= 15 is 14.4 Å². The zero-order valence-corrected chi connectivity index (χ0v) is 54.2. The van der Waals surface area contributed by atoms with Crippen LogP contribution in [-0.2, 0) is 20.7 Å². The van der Waals surface area contributed by atoms with Crippen LogP contribution in [0.15, 0.2) is 124 Å². The minimum absolute atomic E-state index is 0.0698. The third-order valence-corrected chi connectivity index (χ3v) is 26.2. The molecule has 91 heavy (non-hydrogen) atoms. The lowest BCUT2D eigenvalue weighted by molar-refractivity contribution is -0.198. The second-order valence-electron chi connectivity index (χ2n) is 31.2. The Morgan fingerprint density at radius 3 is 2.53 bits per heavy atom. The number of aliphatic hydroxyl groups excluding tert-OH is 2. The normalized spacial score (nSPS) is 38.4. The zero-order valence-electron chi connectivity index (χ0n) is 54.2. The van der Waals surface area contributed by atoms with Crippen LogP contribution in [-0.4, -0.2) is 101 Å². The molecule has 15 atom stereocenters. The van der Waals surface area contributed by atoms with E-state index in [1.54, 1.807) is 12.1 Å². The number of Topliss-reactive ketones (excluding diaryl/α,β-unsaturated/α-hetero) is 2. The van der Waals surface area contributed by atoms with Gasteiger partial charge in [0.1, 0.15) is 17.7 Å². The fourth-order valence-electron chi connectivity index (χ4n) is 21.5. The summed E-state index contributed by atoms with van der Waals surface area (Å²) in [5, 5.41) is 55.2. The molecule has 2 aromatic carbocycles. The number of hydrogen-bond acceptors (Lipinski definition) is 14. The van der Waals surface area contributed by atoms with Gasteiger partial charge in [0.2, 0.25) is 5.78 Å². The van der Waals surface area contributed by atoms with Crippen molar-refractivity contribution in [1.82, 2.24) is 26.6 Å². The second-order valence-corrected chi connectivity index (χ2v) is 31.2. The summed E-state index contributed by atoms with van der Waals surface area (Å²) in [4.78, 5) is 49.9. The van der Waals surface area contributed by atoms with E-state index in [0.29, 0.717) is 61.6 Å². The largest absolute Gasteiger partial charge is 0.508 e. The maximum absolute atomic E-state index is 17.0. The SMILES string of the molecule is CN[C@H]1CCC2=C(NCC=C2CC/C(C)=C(\CO)C[C@@]23O[C@@]24C(=O)O[C@H]2[C@@H]5C[C@H](O)C6(CCCC6)[C@H]6C[C@H](c7cccc(O)c7)C7=CC(=CNC7N)C[C@](C)(CCCC[C@@H]7CC=CC8=C[C@@](NCC9CCCCC9)(C[C@H]56)[C@@H]2C[C@H]87)Cc2cccc(c2C4=O)C3=O)N1. The zero-order chi connectivity index (χ0) is 62.6. The molecule has 2 aromatic rings. The Morgan fingerprint density at radius 1 is 0.901 bits per heavy atom. The van der Waals surface area contributed by atoms with Crippen molar-refractivity contribution in [2.75, 3.05) is 26.7 Å². The van der Waals surface area contributed by atoms with Gasteiger partial charge in [0, 0.05) is 53.6 Å². The fourth-order valence-corrected chi connectivity index (χ4v) is 21.5. The molecule has 0 aromatic heterocycles. The first-order valence-electron chi connectivity index (χ1n) is 35.6. The van der Waals surface area contributed by atoms with Crippen LogP contribution in [0.1, 0.15) is 206 Å². The number of nitrogens with one attached hydrogen (secondary N) is 5. The predicted molar refractivity (Wildman–Crippen MR) is 352 cm³/mol. The van der Waals surface area contributed by atoms with Gasteiger partial charge in [-0.1, -0.05) is 118 Å². The average Bonchev–Trinajstić information content (AvgIpc) is 1.49. The first-order chi connectivity index (χ1) is 44.1. The summed E-state index contributed by atoms with van der Waals surface area (Å²) in [7, 11) is 1.97. The van der Waals surface area contributed by atoms with E-state index in [1.807, 2.05) is 38.2 Å². The van der Waals surface area contributed by atoms with Crippen LogP contribution in [0.4, 0.5) is 0 Å². The van der Waals surface area contributed by atoms with E-state index in [0.717, 1.165) is 137 Å². The Kier molecular flexibility index (Phi) is 16.2. The van der Waals surface area contributed by atoms with Gasteiger partial charge >= 0.3 is 5.97 Å². The molecular formula is C77H100N6O8. The van der Waals surface area contributed by atoms with Crippen LogP contribution in [0.2, 0.25) is 0 Å². The quantitative estimate of drug-likeness (QED) is 0.0443. The minimum Gasteiger partial charge on any atom is -0.508 e. The molecule has 15 rings (SSSR count). The van der Waals surface area contributed by atoms with E-state index in [2.05, 4.69) is 76.2 Å². The van der Waals surface area contributed by atoms with Gasteiger partial charge in [-0.25, -0.2) is 4.79 Å². The number of ketones is 2. The summed E-state index contributed by atoms with van der Waals surface area (Å²) in [5.74, 6) is -0.339. The van der Waals surface area contributed by atoms with Crippen molar-refractivity contribution in [3.63, 3.8) is 0 Å². The van der Waals surface area contributed by atoms with Crippen LogP contribution < -0.4 is 32.3 Å². The van der Waals surface area contributed by atoms with Gasteiger partial charge in [-0.15, -0.1) is 0 Å². The van der Waals surface area contributed by atoms with Crippen LogP contribution in [0, 0.1) is 52.3 Å². The van der Waals surface area contributed by atoms with Gasteiger partial charge in [0.25, 0.3) is 5.60 Å². The van der Waals surface area contributed by atoms with Crippen molar-refractivity contribution in [3.8, 4) is 5.75 Å². The number of fused-ring (bicyclic) bond motifs is 4. The summed E-state index contributed by atoms with van der Waals surface area (Å²) >= 11 is 0. The molecule has 7 aliphatic carbocycles. The molecule has 10 N–H and O–H groups in total. The number of epoxide rings is 1. The highest BCUT2D eigenvalue weighted by molar-refractivity contribution is 6.33. The standard InChI is InChI=1S/C77H100N6O8/c1-45(23-24-49-27-31-80-71-55(49)25-26-65(79-3)83-71)53(44-84)40-76-68(87)56-22-13-20-52-38-73(2)28-8-7-16-48-17-11-19-51-39-75(82-43-46-14-5-4-6-15-46)41-61-59(67(63(75)34-57(48)51)90-72(89)77(76,91-76)69(88)66(52)56)36-64(86)74(29-9-10-30-74)62(61)35-58(50-18-12-21-54(85)33-50)60-32-47(37-73)42-81-70(60)78/h11-13,18-22,27,32-33,39,42,46,48,57-59,61-65,67,70,79-86H,4-10,14-17,23-26,28-31,34-38,40-41,43-44,78H2,1-3H3/b53-45-/t48-,57+,58-,59-,61-,62+,63-,64+,65-,67+,70?,73+,75-,76+,77+/m1/s1. The average molecular weight is 1240 g/mol. The van der Waals surface area contributed by atoms with E-state index in [1.165, 1.54) is 36.0 Å². The molecule has 486 valence electrons. The smallest absolute Gasteiger partial charge is 0.350 e. The molecule has 11 bridgehead atoms. The highest BCUT2D eigenvalue weighted by Crippen LogP contribution is 2.67. The molecule has 13 aliphatic rings. The highest BCUT2D eigenvalue weighted by atomic mass is 16.7. The van der Waals surface area contributed by atoms with E-state index in [4.69, 9.17) is 15.2 Å². The van der Waals surface area contributed by atoms with Crippen LogP contribution in [0.3, 0.4) is 0 Å². The molecule has 14 heteroatoms. The number of phenols is 1. The Hall–Kier alpha value is -5.61. The number of carbonyl (C=O) groups excluding carboxylic acids is 3. The second kappa shape index (κ2) is 24.0. The van der Waals surface area contributed by atoms with Crippen molar-refractivity contribution >= 4 is 17.5 Å². The highest BCUT2D eigenvalue weighted by Gasteiger charge is 2.86. The minimum atomic E-state index is -2.32. The van der Waals surface area contributed by atoms with Crippen LogP contribution in [0.25, 0.3) is 0 Å². The number of hydrogen-bond donors (Lipinski definition) is 9. The number of ether oxygens (including phenoxy) is 2. The molecule has 1 unspecified atom stereocenters. The van der Waals surface area contributed by atoms with Crippen molar-refractivity contribution < 1.29 is 39.2 Å². The van der Waals surface area contributed by atoms with Gasteiger partial charge in [-0.2, -0.15) is 0 Å². The molecule has 5 fully saturated rings. The van der Waals surface area contributed by atoms with E-state index < -0.39 is 63.5 Å². The number of benzene rings is 2. The summed E-state index contributed by atoms with van der Waals surface area (Å²) in [6, 6.07) is 13.4. The first-order valence-corrected chi connectivity index (χ1v) is 35.6. The molecular weight excluding hydrogens is 1140 g/mol. The lowest BCUT2D eigenvalue weighted by atomic mass is 9.45. The Bertz CT molecular complexity index is 3470. The van der Waals surface area contributed by atoms with Crippen molar-refractivity contribution in [2.45, 2.75) is 222 Å². The maximum atomic E-state index is 17.0. The molecule has 1 saturated heterocycles. The maximum Gasteiger partial charge on any atom is 0.350 e. The summed E-state index contributed by atoms with van der Waals surface area (Å²) in [6.45, 7) is 5.50.